The molecular weight excluding hydrogens is 1020 g/mol. The van der Waals surface area contributed by atoms with Gasteiger partial charge in [0.1, 0.15) is 0 Å². The molecule has 0 radical (unpaired) electrons. The first kappa shape index (κ1) is 44.2. The highest BCUT2D eigenvalue weighted by atomic mass is 79.9. The molecule has 0 saturated heterocycles. The molecule has 0 aromatic heterocycles. The highest BCUT2D eigenvalue weighted by molar-refractivity contribution is 9.11. The lowest BCUT2D eigenvalue weighted by Crippen LogP contribution is -2.12. The molecule has 9 aromatic rings. The normalized spacial score (nSPS) is 10.3. The van der Waals surface area contributed by atoms with E-state index in [0.717, 1.165) is 74.8 Å². The van der Waals surface area contributed by atoms with Crippen LogP contribution in [0.2, 0.25) is 0 Å². The van der Waals surface area contributed by atoms with Crippen molar-refractivity contribution >= 4 is 121 Å². The van der Waals surface area contributed by atoms with Crippen LogP contribution in [0.3, 0.4) is 0 Å². The summed E-state index contributed by atoms with van der Waals surface area (Å²) in [6, 6.07) is 83.0. The fourth-order valence-electron chi connectivity index (χ4n) is 6.42. The number of nitrogens with zero attached hydrogens (tertiary/aromatic N) is 2. The molecule has 0 spiro atoms. The van der Waals surface area contributed by atoms with Crippen LogP contribution in [0.4, 0.5) is 56.9 Å². The van der Waals surface area contributed by atoms with E-state index >= 15 is 0 Å². The summed E-state index contributed by atoms with van der Waals surface area (Å²) in [5.74, 6) is 0. The zero-order valence-electron chi connectivity index (χ0n) is 33.5. The van der Waals surface area contributed by atoms with Crippen molar-refractivity contribution in [3.63, 3.8) is 0 Å². The number of benzene rings is 9. The first-order chi connectivity index (χ1) is 30.4. The van der Waals surface area contributed by atoms with Crippen LogP contribution in [0.25, 0.3) is 0 Å². The first-order valence-corrected chi connectivity index (χ1v) is 23.0. The van der Waals surface area contributed by atoms with Crippen molar-refractivity contribution in [2.24, 2.45) is 0 Å². The second kappa shape index (κ2) is 22.8. The summed E-state index contributed by atoms with van der Waals surface area (Å²) in [6.07, 6.45) is 0. The van der Waals surface area contributed by atoms with Crippen LogP contribution in [0, 0.1) is 0 Å². The fraction of sp³-hybridized carbons (Fsp3) is 0. The molecule has 0 aliphatic rings. The van der Waals surface area contributed by atoms with Gasteiger partial charge in [-0.2, -0.15) is 0 Å². The molecule has 0 amide bonds. The molecule has 0 aliphatic heterocycles. The molecule has 2 N–H and O–H groups in total. The van der Waals surface area contributed by atoms with Crippen LogP contribution < -0.4 is 20.4 Å². The molecular formula is C54H42Br4N4. The maximum atomic E-state index is 3.55. The average Bonchev–Trinajstić information content (AvgIpc) is 3.32. The van der Waals surface area contributed by atoms with E-state index in [9.17, 15) is 0 Å². The molecule has 0 aliphatic carbocycles. The predicted octanol–water partition coefficient (Wildman–Crippen LogP) is 18.5. The van der Waals surface area contributed by atoms with Gasteiger partial charge in [-0.05, 0) is 170 Å². The summed E-state index contributed by atoms with van der Waals surface area (Å²) in [4.78, 5) is 4.53. The second-order valence-electron chi connectivity index (χ2n) is 13.8. The van der Waals surface area contributed by atoms with Gasteiger partial charge in [0.2, 0.25) is 0 Å². The van der Waals surface area contributed by atoms with Crippen LogP contribution in [0.1, 0.15) is 0 Å². The van der Waals surface area contributed by atoms with Gasteiger partial charge in [-0.3, -0.25) is 0 Å². The Bertz CT molecular complexity index is 2480. The number of halogens is 4. The Morgan fingerprint density at radius 2 is 0.403 bits per heavy atom. The van der Waals surface area contributed by atoms with Crippen LogP contribution in [0.15, 0.2) is 261 Å². The van der Waals surface area contributed by atoms with Gasteiger partial charge in [-0.25, -0.2) is 0 Å². The Labute approximate surface area is 398 Å². The number of hydrogen-bond acceptors (Lipinski definition) is 4. The average molecular weight is 1070 g/mol. The van der Waals surface area contributed by atoms with Crippen molar-refractivity contribution in [3.05, 3.63) is 261 Å². The number of hydrogen-bond donors (Lipinski definition) is 2. The van der Waals surface area contributed by atoms with Crippen LogP contribution in [0.5, 0.6) is 0 Å². The van der Waals surface area contributed by atoms with E-state index < -0.39 is 0 Å². The molecule has 0 atom stereocenters. The number of rotatable bonds is 10. The highest BCUT2D eigenvalue weighted by Crippen LogP contribution is 2.39. The lowest BCUT2D eigenvalue weighted by Gasteiger charge is -2.28. The van der Waals surface area contributed by atoms with Crippen LogP contribution in [-0.2, 0) is 0 Å². The molecule has 0 fully saturated rings. The summed E-state index contributed by atoms with van der Waals surface area (Å²) in [7, 11) is 0. The SMILES string of the molecule is Brc1ccc(Br)cc1.Brc1ccc(N(c2ccccc2)c2ccc(N(c3ccccc3)c3ccc(Br)cc3)cc2)cc1.c1ccc(Nc2ccc(Nc3ccccc3)cc2)cc1. The van der Waals surface area contributed by atoms with Crippen molar-refractivity contribution in [1.29, 1.82) is 0 Å². The van der Waals surface area contributed by atoms with Gasteiger partial charge in [0.05, 0.1) is 0 Å². The standard InChI is InChI=1S/C30H22Br2N2.C18H16N2.C6H4Br2/c31-23-11-15-27(16-12-23)33(25-7-3-1-4-8-25)29-19-21-30(22-20-29)34(26-9-5-2-6-10-26)28-17-13-24(32)14-18-28;1-3-7-15(8-4-1)19-17-11-13-18(14-12-17)20-16-9-5-2-6-10-16;7-5-1-2-6(8)4-3-5/h1-22H;1-14,19-20H;1-4H. The molecule has 0 unspecified atom stereocenters. The van der Waals surface area contributed by atoms with Gasteiger partial charge >= 0.3 is 0 Å². The second-order valence-corrected chi connectivity index (χ2v) is 17.5. The molecule has 0 saturated carbocycles. The monoisotopic (exact) mass is 1060 g/mol. The molecule has 9 aromatic carbocycles. The van der Waals surface area contributed by atoms with Crippen molar-refractivity contribution in [1.82, 2.24) is 0 Å². The van der Waals surface area contributed by atoms with E-state index in [2.05, 4.69) is 254 Å². The Hall–Kier alpha value is -5.90. The smallest absolute Gasteiger partial charge is 0.0463 e. The van der Waals surface area contributed by atoms with Gasteiger partial charge in [0.15, 0.2) is 0 Å². The van der Waals surface area contributed by atoms with Gasteiger partial charge in [-0.15, -0.1) is 0 Å². The van der Waals surface area contributed by atoms with E-state index in [1.54, 1.807) is 0 Å². The summed E-state index contributed by atoms with van der Waals surface area (Å²) in [5, 5.41) is 6.73. The molecule has 8 heteroatoms. The van der Waals surface area contributed by atoms with Gasteiger partial charge < -0.3 is 20.4 Å². The molecule has 4 nitrogen and oxygen atoms in total. The van der Waals surface area contributed by atoms with Crippen LogP contribution >= 0.6 is 63.7 Å². The fourth-order valence-corrected chi connectivity index (χ4v) is 7.48. The van der Waals surface area contributed by atoms with Crippen LogP contribution in [-0.4, -0.2) is 0 Å². The number of para-hydroxylation sites is 4. The molecule has 9 rings (SSSR count). The molecule has 0 heterocycles. The molecule has 62 heavy (non-hydrogen) atoms. The lowest BCUT2D eigenvalue weighted by atomic mass is 10.1. The zero-order chi connectivity index (χ0) is 42.9. The number of nitrogens with one attached hydrogen (secondary N) is 2. The first-order valence-electron chi connectivity index (χ1n) is 19.8. The highest BCUT2D eigenvalue weighted by Gasteiger charge is 2.15. The zero-order valence-corrected chi connectivity index (χ0v) is 39.8. The molecule has 306 valence electrons. The summed E-state index contributed by atoms with van der Waals surface area (Å²) in [5.41, 5.74) is 11.0. The van der Waals surface area contributed by atoms with Crippen molar-refractivity contribution < 1.29 is 0 Å². The van der Waals surface area contributed by atoms with E-state index in [1.807, 2.05) is 72.8 Å². The van der Waals surface area contributed by atoms with Crippen molar-refractivity contribution in [2.75, 3.05) is 20.4 Å². The minimum atomic E-state index is 1.06. The topological polar surface area (TPSA) is 30.5 Å². The third kappa shape index (κ3) is 13.1. The summed E-state index contributed by atoms with van der Waals surface area (Å²) >= 11 is 13.8. The maximum absolute atomic E-state index is 3.55. The Kier molecular flexibility index (Phi) is 16.2. The van der Waals surface area contributed by atoms with Gasteiger partial charge in [0.25, 0.3) is 0 Å². The third-order valence-electron chi connectivity index (χ3n) is 9.38. The predicted molar refractivity (Wildman–Crippen MR) is 279 cm³/mol. The van der Waals surface area contributed by atoms with E-state index in [0.29, 0.717) is 0 Å². The minimum Gasteiger partial charge on any atom is -0.356 e. The molecule has 0 bridgehead atoms. The lowest BCUT2D eigenvalue weighted by molar-refractivity contribution is 1.25. The summed E-state index contributed by atoms with van der Waals surface area (Å²) in [6.45, 7) is 0. The third-order valence-corrected chi connectivity index (χ3v) is 11.5. The van der Waals surface area contributed by atoms with Gasteiger partial charge in [0, 0.05) is 74.8 Å². The van der Waals surface area contributed by atoms with Crippen molar-refractivity contribution in [3.8, 4) is 0 Å². The minimum absolute atomic E-state index is 1.06. The van der Waals surface area contributed by atoms with E-state index in [1.165, 1.54) is 0 Å². The van der Waals surface area contributed by atoms with Crippen molar-refractivity contribution in [2.45, 2.75) is 0 Å². The maximum Gasteiger partial charge on any atom is 0.0463 e. The number of anilines is 10. The Balaban J connectivity index is 0.000000172. The summed E-state index contributed by atoms with van der Waals surface area (Å²) < 4.78 is 4.35. The Morgan fingerprint density at radius 1 is 0.210 bits per heavy atom. The quantitative estimate of drug-likeness (QED) is 0.143. The Morgan fingerprint density at radius 3 is 0.677 bits per heavy atom. The van der Waals surface area contributed by atoms with E-state index in [4.69, 9.17) is 0 Å². The van der Waals surface area contributed by atoms with Gasteiger partial charge in [-0.1, -0.05) is 137 Å². The van der Waals surface area contributed by atoms with E-state index in [-0.39, 0.29) is 0 Å². The largest absolute Gasteiger partial charge is 0.356 e.